The highest BCUT2D eigenvalue weighted by atomic mass is 35.5. The third-order valence-corrected chi connectivity index (χ3v) is 5.86. The number of halogens is 2. The van der Waals surface area contributed by atoms with E-state index in [0.717, 1.165) is 16.0 Å². The molecular formula is C25H20ClFN2O2. The van der Waals surface area contributed by atoms with Crippen molar-refractivity contribution in [2.75, 3.05) is 10.2 Å². The molecule has 0 spiro atoms. The highest BCUT2D eigenvalue weighted by Gasteiger charge is 2.41. The fourth-order valence-corrected chi connectivity index (χ4v) is 3.75. The molecule has 2 amide bonds. The maximum atomic E-state index is 13.7. The van der Waals surface area contributed by atoms with Crippen LogP contribution in [-0.4, -0.2) is 11.8 Å². The van der Waals surface area contributed by atoms with Gasteiger partial charge in [-0.2, -0.15) is 0 Å². The van der Waals surface area contributed by atoms with E-state index < -0.39 is 17.6 Å². The molecule has 0 unspecified atom stereocenters. The summed E-state index contributed by atoms with van der Waals surface area (Å²) in [7, 11) is 0. The van der Waals surface area contributed by atoms with Gasteiger partial charge in [0, 0.05) is 10.7 Å². The molecule has 0 aliphatic carbocycles. The van der Waals surface area contributed by atoms with E-state index in [4.69, 9.17) is 11.6 Å². The maximum Gasteiger partial charge on any atom is 0.282 e. The molecule has 0 atom stereocenters. The molecule has 31 heavy (non-hydrogen) atoms. The molecule has 4 rings (SSSR count). The normalized spacial score (nSPS) is 13.9. The van der Waals surface area contributed by atoms with Gasteiger partial charge in [0.25, 0.3) is 11.8 Å². The van der Waals surface area contributed by atoms with Gasteiger partial charge in [0.05, 0.1) is 11.3 Å². The minimum Gasteiger partial charge on any atom is -0.350 e. The molecule has 1 aliphatic rings. The van der Waals surface area contributed by atoms with Crippen LogP contribution in [0.2, 0.25) is 5.02 Å². The smallest absolute Gasteiger partial charge is 0.282 e. The fourth-order valence-electron chi connectivity index (χ4n) is 3.58. The van der Waals surface area contributed by atoms with E-state index in [2.05, 4.69) is 5.32 Å². The number of hydrogen-bond donors (Lipinski definition) is 1. The third kappa shape index (κ3) is 3.73. The summed E-state index contributed by atoms with van der Waals surface area (Å²) in [6, 6.07) is 16.4. The molecule has 1 aliphatic heterocycles. The highest BCUT2D eigenvalue weighted by molar-refractivity contribution is 6.46. The van der Waals surface area contributed by atoms with Crippen LogP contribution in [0, 0.1) is 26.6 Å². The molecule has 156 valence electrons. The number of hydrogen-bond acceptors (Lipinski definition) is 3. The number of aryl methyl sites for hydroxylation is 2. The van der Waals surface area contributed by atoms with Crippen LogP contribution < -0.4 is 10.2 Å². The van der Waals surface area contributed by atoms with Gasteiger partial charge >= 0.3 is 0 Å². The second-order valence-corrected chi connectivity index (χ2v) is 7.92. The third-order valence-electron chi connectivity index (χ3n) is 5.45. The Morgan fingerprint density at radius 2 is 1.61 bits per heavy atom. The Balaban J connectivity index is 1.88. The summed E-state index contributed by atoms with van der Waals surface area (Å²) in [4.78, 5) is 28.1. The van der Waals surface area contributed by atoms with Gasteiger partial charge in [0.2, 0.25) is 0 Å². The van der Waals surface area contributed by atoms with E-state index in [1.54, 1.807) is 31.2 Å². The van der Waals surface area contributed by atoms with Crippen LogP contribution in [0.15, 0.2) is 66.4 Å². The number of carbonyl (C=O) groups is 2. The molecule has 4 nitrogen and oxygen atoms in total. The predicted octanol–water partition coefficient (Wildman–Crippen LogP) is 5.80. The monoisotopic (exact) mass is 434 g/mol. The lowest BCUT2D eigenvalue weighted by Gasteiger charge is -2.18. The van der Waals surface area contributed by atoms with Crippen molar-refractivity contribution in [1.82, 2.24) is 0 Å². The molecule has 0 radical (unpaired) electrons. The van der Waals surface area contributed by atoms with Crippen LogP contribution in [-0.2, 0) is 9.59 Å². The summed E-state index contributed by atoms with van der Waals surface area (Å²) in [5.74, 6) is -1.43. The first-order valence-corrected chi connectivity index (χ1v) is 10.1. The molecule has 3 aromatic rings. The zero-order valence-electron chi connectivity index (χ0n) is 17.3. The summed E-state index contributed by atoms with van der Waals surface area (Å²) in [5, 5.41) is 3.43. The molecule has 0 fully saturated rings. The Hall–Kier alpha value is -3.44. The van der Waals surface area contributed by atoms with Gasteiger partial charge in [-0.05, 0) is 73.4 Å². The summed E-state index contributed by atoms with van der Waals surface area (Å²) in [5.41, 5.74) is 4.42. The van der Waals surface area contributed by atoms with Gasteiger partial charge in [-0.15, -0.1) is 0 Å². The quantitative estimate of drug-likeness (QED) is 0.528. The predicted molar refractivity (Wildman–Crippen MR) is 122 cm³/mol. The lowest BCUT2D eigenvalue weighted by molar-refractivity contribution is -0.120. The van der Waals surface area contributed by atoms with Crippen molar-refractivity contribution >= 4 is 40.4 Å². The van der Waals surface area contributed by atoms with Crippen LogP contribution in [0.3, 0.4) is 0 Å². The van der Waals surface area contributed by atoms with Gasteiger partial charge in [0.15, 0.2) is 0 Å². The SMILES string of the molecule is Cc1ccc(C2=C(Nc3cccc(F)c3)C(=O)N(c3cccc(Cl)c3C)C2=O)cc1C. The molecular weight excluding hydrogens is 415 g/mol. The number of anilines is 2. The summed E-state index contributed by atoms with van der Waals surface area (Å²) in [6.07, 6.45) is 0. The first-order valence-electron chi connectivity index (χ1n) is 9.76. The minimum atomic E-state index is -0.521. The van der Waals surface area contributed by atoms with Gasteiger partial charge in [-0.1, -0.05) is 41.9 Å². The van der Waals surface area contributed by atoms with E-state index in [-0.39, 0.29) is 11.3 Å². The molecule has 0 aromatic heterocycles. The van der Waals surface area contributed by atoms with E-state index in [0.29, 0.717) is 27.5 Å². The second kappa shape index (κ2) is 8.00. The zero-order valence-corrected chi connectivity index (χ0v) is 18.0. The Morgan fingerprint density at radius 3 is 2.32 bits per heavy atom. The number of benzene rings is 3. The van der Waals surface area contributed by atoms with Crippen LogP contribution in [0.5, 0.6) is 0 Å². The molecule has 3 aromatic carbocycles. The Bertz CT molecular complexity index is 1270. The van der Waals surface area contributed by atoms with Gasteiger partial charge in [-0.25, -0.2) is 9.29 Å². The van der Waals surface area contributed by atoms with Crippen molar-refractivity contribution in [3.63, 3.8) is 0 Å². The molecule has 6 heteroatoms. The van der Waals surface area contributed by atoms with Crippen molar-refractivity contribution in [3.05, 3.63) is 99.5 Å². The molecule has 1 N–H and O–H groups in total. The van der Waals surface area contributed by atoms with E-state index in [1.807, 2.05) is 32.0 Å². The molecule has 0 bridgehead atoms. The number of rotatable bonds is 4. The number of imide groups is 1. The number of carbonyl (C=O) groups excluding carboxylic acids is 2. The molecule has 0 saturated heterocycles. The first-order chi connectivity index (χ1) is 14.8. The van der Waals surface area contributed by atoms with Crippen LogP contribution in [0.4, 0.5) is 15.8 Å². The number of nitrogens with zero attached hydrogens (tertiary/aromatic N) is 1. The van der Waals surface area contributed by atoms with E-state index in [1.165, 1.54) is 18.2 Å². The van der Waals surface area contributed by atoms with Crippen molar-refractivity contribution < 1.29 is 14.0 Å². The van der Waals surface area contributed by atoms with Crippen molar-refractivity contribution in [1.29, 1.82) is 0 Å². The van der Waals surface area contributed by atoms with Crippen LogP contribution >= 0.6 is 11.6 Å². The average molecular weight is 435 g/mol. The molecule has 1 heterocycles. The first kappa shape index (κ1) is 20.8. The fraction of sp³-hybridized carbons (Fsp3) is 0.120. The van der Waals surface area contributed by atoms with Crippen molar-refractivity contribution in [2.24, 2.45) is 0 Å². The Labute approximate surface area is 185 Å². The van der Waals surface area contributed by atoms with Crippen molar-refractivity contribution in [2.45, 2.75) is 20.8 Å². The average Bonchev–Trinajstić information content (AvgIpc) is 2.96. The Kier molecular flexibility index (Phi) is 5.38. The van der Waals surface area contributed by atoms with Gasteiger partial charge in [0.1, 0.15) is 11.5 Å². The van der Waals surface area contributed by atoms with Gasteiger partial charge < -0.3 is 5.32 Å². The summed E-state index contributed by atoms with van der Waals surface area (Å²) in [6.45, 7) is 5.67. The van der Waals surface area contributed by atoms with E-state index in [9.17, 15) is 14.0 Å². The second-order valence-electron chi connectivity index (χ2n) is 7.51. The number of amides is 2. The van der Waals surface area contributed by atoms with Gasteiger partial charge in [-0.3, -0.25) is 9.59 Å². The molecule has 0 saturated carbocycles. The Morgan fingerprint density at radius 1 is 0.871 bits per heavy atom. The standard InChI is InChI=1S/C25H20ClFN2O2/c1-14-10-11-17(12-15(14)2)22-23(28-19-7-4-6-18(27)13-19)25(31)29(24(22)30)21-9-5-8-20(26)16(21)3/h4-13,28H,1-3H3. The summed E-state index contributed by atoms with van der Waals surface area (Å²) < 4.78 is 13.7. The van der Waals surface area contributed by atoms with Crippen LogP contribution in [0.25, 0.3) is 5.57 Å². The van der Waals surface area contributed by atoms with Crippen LogP contribution in [0.1, 0.15) is 22.3 Å². The maximum absolute atomic E-state index is 13.7. The highest BCUT2D eigenvalue weighted by Crippen LogP contribution is 2.37. The minimum absolute atomic E-state index is 0.0956. The largest absolute Gasteiger partial charge is 0.350 e. The summed E-state index contributed by atoms with van der Waals surface area (Å²) >= 11 is 6.24. The van der Waals surface area contributed by atoms with Crippen molar-refractivity contribution in [3.8, 4) is 0 Å². The topological polar surface area (TPSA) is 49.4 Å². The lowest BCUT2D eigenvalue weighted by Crippen LogP contribution is -2.33. The lowest BCUT2D eigenvalue weighted by atomic mass is 9.99. The van der Waals surface area contributed by atoms with E-state index >= 15 is 0 Å². The number of nitrogens with one attached hydrogen (secondary N) is 1. The zero-order chi connectivity index (χ0) is 22.3.